The quantitative estimate of drug-likeness (QED) is 0.653. The SMILES string of the molecule is CCN(CC)CCCN(CC)C(C)(CC)C(C)N. The molecular weight excluding hydrogens is 222 g/mol. The van der Waals surface area contributed by atoms with E-state index in [0.29, 0.717) is 0 Å². The molecule has 0 spiro atoms. The Kier molecular flexibility index (Phi) is 8.83. The summed E-state index contributed by atoms with van der Waals surface area (Å²) in [5, 5.41) is 0. The summed E-state index contributed by atoms with van der Waals surface area (Å²) in [7, 11) is 0. The van der Waals surface area contributed by atoms with E-state index in [9.17, 15) is 0 Å². The fraction of sp³-hybridized carbons (Fsp3) is 1.00. The van der Waals surface area contributed by atoms with Crippen LogP contribution in [0.4, 0.5) is 0 Å². The van der Waals surface area contributed by atoms with E-state index in [1.54, 1.807) is 0 Å². The van der Waals surface area contributed by atoms with Gasteiger partial charge in [0, 0.05) is 11.6 Å². The Balaban J connectivity index is 4.34. The summed E-state index contributed by atoms with van der Waals surface area (Å²) in [4.78, 5) is 5.05. The second kappa shape index (κ2) is 8.89. The first-order chi connectivity index (χ1) is 8.46. The highest BCUT2D eigenvalue weighted by Crippen LogP contribution is 2.22. The molecule has 0 aromatic rings. The van der Waals surface area contributed by atoms with Gasteiger partial charge in [-0.3, -0.25) is 4.90 Å². The highest BCUT2D eigenvalue weighted by Gasteiger charge is 2.32. The molecule has 0 heterocycles. The molecular formula is C15H35N3. The summed E-state index contributed by atoms with van der Waals surface area (Å²) < 4.78 is 0. The van der Waals surface area contributed by atoms with Crippen LogP contribution < -0.4 is 5.73 Å². The van der Waals surface area contributed by atoms with Gasteiger partial charge in [-0.15, -0.1) is 0 Å². The van der Waals surface area contributed by atoms with Crippen molar-refractivity contribution in [2.45, 2.75) is 66.0 Å². The van der Waals surface area contributed by atoms with Gasteiger partial charge in [0.1, 0.15) is 0 Å². The lowest BCUT2D eigenvalue weighted by Gasteiger charge is -2.43. The van der Waals surface area contributed by atoms with Crippen molar-refractivity contribution in [3.8, 4) is 0 Å². The first-order valence-electron chi connectivity index (χ1n) is 7.69. The van der Waals surface area contributed by atoms with Crippen LogP contribution in [0.25, 0.3) is 0 Å². The molecule has 2 atom stereocenters. The lowest BCUT2D eigenvalue weighted by molar-refractivity contribution is 0.0793. The molecule has 0 bridgehead atoms. The zero-order valence-corrected chi connectivity index (χ0v) is 13.5. The second-order valence-corrected chi connectivity index (χ2v) is 5.46. The van der Waals surface area contributed by atoms with E-state index in [1.165, 1.54) is 13.0 Å². The number of hydrogen-bond donors (Lipinski definition) is 1. The third-order valence-electron chi connectivity index (χ3n) is 4.60. The monoisotopic (exact) mass is 257 g/mol. The highest BCUT2D eigenvalue weighted by molar-refractivity contribution is 4.91. The summed E-state index contributed by atoms with van der Waals surface area (Å²) in [6.45, 7) is 19.1. The summed E-state index contributed by atoms with van der Waals surface area (Å²) in [6.07, 6.45) is 2.35. The third kappa shape index (κ3) is 4.87. The third-order valence-corrected chi connectivity index (χ3v) is 4.60. The molecule has 0 amide bonds. The minimum Gasteiger partial charge on any atom is -0.326 e. The predicted octanol–water partition coefficient (Wildman–Crippen LogP) is 2.56. The highest BCUT2D eigenvalue weighted by atomic mass is 15.2. The molecule has 3 heteroatoms. The van der Waals surface area contributed by atoms with Crippen LogP contribution in [0, 0.1) is 0 Å². The molecule has 0 rings (SSSR count). The lowest BCUT2D eigenvalue weighted by atomic mass is 9.88. The van der Waals surface area contributed by atoms with Crippen LogP contribution in [0.5, 0.6) is 0 Å². The Morgan fingerprint density at radius 2 is 1.56 bits per heavy atom. The molecule has 110 valence electrons. The van der Waals surface area contributed by atoms with Crippen molar-refractivity contribution >= 4 is 0 Å². The molecule has 0 aromatic carbocycles. The lowest BCUT2D eigenvalue weighted by Crippen LogP contribution is -2.57. The number of nitrogens with two attached hydrogens (primary N) is 1. The van der Waals surface area contributed by atoms with Gasteiger partial charge in [0.25, 0.3) is 0 Å². The van der Waals surface area contributed by atoms with Crippen LogP contribution >= 0.6 is 0 Å². The van der Waals surface area contributed by atoms with Crippen molar-refractivity contribution in [1.29, 1.82) is 0 Å². The maximum Gasteiger partial charge on any atom is 0.0326 e. The predicted molar refractivity (Wildman–Crippen MR) is 82.0 cm³/mol. The topological polar surface area (TPSA) is 32.5 Å². The molecule has 2 unspecified atom stereocenters. The van der Waals surface area contributed by atoms with Crippen LogP contribution in [0.3, 0.4) is 0 Å². The molecule has 0 aliphatic carbocycles. The number of nitrogens with zero attached hydrogens (tertiary/aromatic N) is 2. The van der Waals surface area contributed by atoms with Gasteiger partial charge in [-0.05, 0) is 59.4 Å². The zero-order valence-electron chi connectivity index (χ0n) is 13.5. The fourth-order valence-corrected chi connectivity index (χ4v) is 2.63. The summed E-state index contributed by atoms with van der Waals surface area (Å²) >= 11 is 0. The van der Waals surface area contributed by atoms with Gasteiger partial charge in [0.2, 0.25) is 0 Å². The molecule has 0 saturated carbocycles. The van der Waals surface area contributed by atoms with E-state index in [0.717, 1.165) is 32.6 Å². The molecule has 0 radical (unpaired) electrons. The average Bonchev–Trinajstić information content (AvgIpc) is 2.38. The standard InChI is InChI=1S/C15H35N3/c1-7-15(6,14(5)16)18(10-4)13-11-12-17(8-2)9-3/h14H,7-13,16H2,1-6H3. The van der Waals surface area contributed by atoms with Crippen molar-refractivity contribution in [3.63, 3.8) is 0 Å². The van der Waals surface area contributed by atoms with E-state index in [1.807, 2.05) is 0 Å². The second-order valence-electron chi connectivity index (χ2n) is 5.46. The number of hydrogen-bond acceptors (Lipinski definition) is 3. The first-order valence-corrected chi connectivity index (χ1v) is 7.69. The van der Waals surface area contributed by atoms with Gasteiger partial charge >= 0.3 is 0 Å². The van der Waals surface area contributed by atoms with Crippen molar-refractivity contribution in [1.82, 2.24) is 9.80 Å². The normalized spacial score (nSPS) is 17.2. The van der Waals surface area contributed by atoms with Crippen LogP contribution in [0.15, 0.2) is 0 Å². The Morgan fingerprint density at radius 1 is 1.00 bits per heavy atom. The van der Waals surface area contributed by atoms with Crippen molar-refractivity contribution in [3.05, 3.63) is 0 Å². The van der Waals surface area contributed by atoms with E-state index >= 15 is 0 Å². The first kappa shape index (κ1) is 17.9. The minimum atomic E-state index is 0.137. The van der Waals surface area contributed by atoms with Crippen molar-refractivity contribution < 1.29 is 0 Å². The smallest absolute Gasteiger partial charge is 0.0326 e. The van der Waals surface area contributed by atoms with Gasteiger partial charge in [-0.2, -0.15) is 0 Å². The van der Waals surface area contributed by atoms with Crippen LogP contribution in [0.1, 0.15) is 54.4 Å². The van der Waals surface area contributed by atoms with Crippen LogP contribution in [-0.4, -0.2) is 54.1 Å². The summed E-state index contributed by atoms with van der Waals surface area (Å²) in [5.74, 6) is 0. The maximum atomic E-state index is 6.19. The molecule has 0 saturated heterocycles. The Hall–Kier alpha value is -0.120. The van der Waals surface area contributed by atoms with Gasteiger partial charge in [-0.1, -0.05) is 27.7 Å². The molecule has 0 aromatic heterocycles. The minimum absolute atomic E-state index is 0.137. The Labute approximate surface area is 115 Å². The van der Waals surface area contributed by atoms with Crippen molar-refractivity contribution in [2.24, 2.45) is 5.73 Å². The summed E-state index contributed by atoms with van der Waals surface area (Å²) in [6, 6.07) is 0.218. The summed E-state index contributed by atoms with van der Waals surface area (Å²) in [5.41, 5.74) is 6.33. The van der Waals surface area contributed by atoms with E-state index < -0.39 is 0 Å². The molecule has 0 aliphatic rings. The zero-order chi connectivity index (χ0) is 14.2. The van der Waals surface area contributed by atoms with Gasteiger partial charge in [0.15, 0.2) is 0 Å². The maximum absolute atomic E-state index is 6.19. The number of likely N-dealkylation sites (N-methyl/N-ethyl adjacent to an activating group) is 1. The van der Waals surface area contributed by atoms with Gasteiger partial charge < -0.3 is 10.6 Å². The van der Waals surface area contributed by atoms with Crippen molar-refractivity contribution in [2.75, 3.05) is 32.7 Å². The molecule has 3 nitrogen and oxygen atoms in total. The molecule has 2 N–H and O–H groups in total. The van der Waals surface area contributed by atoms with Crippen LogP contribution in [-0.2, 0) is 0 Å². The number of rotatable bonds is 10. The average molecular weight is 257 g/mol. The van der Waals surface area contributed by atoms with E-state index in [-0.39, 0.29) is 11.6 Å². The van der Waals surface area contributed by atoms with Crippen LogP contribution in [0.2, 0.25) is 0 Å². The van der Waals surface area contributed by atoms with E-state index in [2.05, 4.69) is 51.3 Å². The Bertz CT molecular complexity index is 202. The van der Waals surface area contributed by atoms with Gasteiger partial charge in [0.05, 0.1) is 0 Å². The Morgan fingerprint density at radius 3 is 1.89 bits per heavy atom. The fourth-order valence-electron chi connectivity index (χ4n) is 2.63. The largest absolute Gasteiger partial charge is 0.326 e. The van der Waals surface area contributed by atoms with E-state index in [4.69, 9.17) is 5.73 Å². The van der Waals surface area contributed by atoms with Gasteiger partial charge in [-0.25, -0.2) is 0 Å². The molecule has 18 heavy (non-hydrogen) atoms. The molecule has 0 aliphatic heterocycles. The molecule has 0 fully saturated rings.